The Balaban J connectivity index is 1.10. The Morgan fingerprint density at radius 2 is 1.30 bits per heavy atom. The van der Waals surface area contributed by atoms with Crippen LogP contribution in [0.15, 0.2) is 0 Å². The Morgan fingerprint density at radius 3 is 1.81 bits per heavy atom. The first-order valence-corrected chi connectivity index (χ1v) is 11.9. The van der Waals surface area contributed by atoms with E-state index in [0.717, 1.165) is 17.8 Å². The number of carbonyl (C=O) groups is 1. The number of hydrogen-bond acceptors (Lipinski definition) is 5. The lowest BCUT2D eigenvalue weighted by Gasteiger charge is -2.56. The molecule has 156 valence electrons. The molecule has 6 nitrogen and oxygen atoms in total. The summed E-state index contributed by atoms with van der Waals surface area (Å²) in [6, 6.07) is 0. The van der Waals surface area contributed by atoms with E-state index in [1.165, 1.54) is 38.5 Å². The molecule has 0 spiro atoms. The Labute approximate surface area is 176 Å². The highest BCUT2D eigenvalue weighted by Gasteiger charge is 2.51. The molecule has 0 radical (unpaired) electrons. The van der Waals surface area contributed by atoms with Gasteiger partial charge in [0.25, 0.3) is 0 Å². The lowest BCUT2D eigenvalue weighted by atomic mass is 9.54. The predicted molar refractivity (Wildman–Crippen MR) is 111 cm³/mol. The van der Waals surface area contributed by atoms with Crippen molar-refractivity contribution in [3.05, 3.63) is 0 Å². The summed E-state index contributed by atoms with van der Waals surface area (Å²) >= 11 is 2.04. The second-order valence-corrected chi connectivity index (χ2v) is 9.03. The van der Waals surface area contributed by atoms with Gasteiger partial charge in [-0.25, -0.2) is 0 Å². The average Bonchev–Trinajstić information content (AvgIpc) is 2.64. The van der Waals surface area contributed by atoms with E-state index in [1.807, 2.05) is 22.6 Å². The minimum absolute atomic E-state index is 0.0415. The van der Waals surface area contributed by atoms with Crippen molar-refractivity contribution in [1.82, 2.24) is 5.32 Å². The van der Waals surface area contributed by atoms with E-state index in [2.05, 4.69) is 5.32 Å². The molecule has 0 heterocycles. The minimum Gasteiger partial charge on any atom is -0.377 e. The van der Waals surface area contributed by atoms with Gasteiger partial charge in [0, 0.05) is 6.54 Å². The highest BCUT2D eigenvalue weighted by molar-refractivity contribution is 14.1. The van der Waals surface area contributed by atoms with Crippen LogP contribution in [0, 0.1) is 17.8 Å². The standard InChI is InChI=1S/C20H34INO5/c21-15-19(23)22-1-2-24-3-4-25-5-6-26-7-8-27-20-12-16-9-17(13-20)11-18(10-16)14-20/h16-18H,1-15H2,(H,22,23). The molecule has 4 bridgehead atoms. The first-order valence-electron chi connectivity index (χ1n) is 10.4. The molecule has 0 atom stereocenters. The lowest BCUT2D eigenvalue weighted by molar-refractivity contribution is -0.169. The summed E-state index contributed by atoms with van der Waals surface area (Å²) in [6.45, 7) is 4.68. The summed E-state index contributed by atoms with van der Waals surface area (Å²) in [5.74, 6) is 2.82. The number of hydrogen-bond donors (Lipinski definition) is 1. The van der Waals surface area contributed by atoms with Crippen molar-refractivity contribution in [2.24, 2.45) is 17.8 Å². The minimum atomic E-state index is 0.0415. The highest BCUT2D eigenvalue weighted by atomic mass is 127. The smallest absolute Gasteiger partial charge is 0.229 e. The average molecular weight is 495 g/mol. The van der Waals surface area contributed by atoms with Crippen LogP contribution in [0.25, 0.3) is 0 Å². The fourth-order valence-electron chi connectivity index (χ4n) is 5.38. The Kier molecular flexibility index (Phi) is 9.09. The third-order valence-electron chi connectivity index (χ3n) is 6.05. The highest BCUT2D eigenvalue weighted by Crippen LogP contribution is 2.57. The summed E-state index contributed by atoms with van der Waals surface area (Å²) < 4.78 is 23.3. The van der Waals surface area contributed by atoms with E-state index in [0.29, 0.717) is 57.2 Å². The van der Waals surface area contributed by atoms with Crippen LogP contribution < -0.4 is 5.32 Å². The summed E-state index contributed by atoms with van der Waals surface area (Å²) in [5, 5.41) is 2.76. The molecule has 0 saturated heterocycles. The molecule has 4 aliphatic rings. The van der Waals surface area contributed by atoms with Crippen LogP contribution in [0.3, 0.4) is 0 Å². The van der Waals surface area contributed by atoms with Crippen LogP contribution >= 0.6 is 22.6 Å². The zero-order valence-corrected chi connectivity index (χ0v) is 18.4. The van der Waals surface area contributed by atoms with Crippen molar-refractivity contribution in [3.63, 3.8) is 0 Å². The fraction of sp³-hybridized carbons (Fsp3) is 0.950. The molecule has 4 saturated carbocycles. The molecule has 0 aliphatic heterocycles. The number of rotatable bonds is 14. The summed E-state index contributed by atoms with van der Waals surface area (Å²) in [5.41, 5.74) is 0.183. The number of alkyl halides is 1. The van der Waals surface area contributed by atoms with Crippen LogP contribution in [-0.4, -0.2) is 68.7 Å². The predicted octanol–water partition coefficient (Wildman–Crippen LogP) is 2.57. The van der Waals surface area contributed by atoms with E-state index in [4.69, 9.17) is 18.9 Å². The summed E-state index contributed by atoms with van der Waals surface area (Å²) in [4.78, 5) is 11.0. The van der Waals surface area contributed by atoms with Gasteiger partial charge in [-0.2, -0.15) is 0 Å². The third kappa shape index (κ3) is 7.10. The van der Waals surface area contributed by atoms with Gasteiger partial charge in [-0.05, 0) is 56.3 Å². The van der Waals surface area contributed by atoms with Crippen LogP contribution in [0.5, 0.6) is 0 Å². The number of halogens is 1. The normalized spacial score (nSPS) is 31.4. The van der Waals surface area contributed by atoms with Crippen LogP contribution in [-0.2, 0) is 23.7 Å². The van der Waals surface area contributed by atoms with Crippen LogP contribution in [0.2, 0.25) is 0 Å². The molecule has 4 fully saturated rings. The zero-order valence-electron chi connectivity index (χ0n) is 16.3. The SMILES string of the molecule is O=C(CI)NCCOCCOCCOCCOC12CC3CC(CC(C3)C1)C2. The Morgan fingerprint density at radius 1 is 0.815 bits per heavy atom. The van der Waals surface area contributed by atoms with Crippen molar-refractivity contribution in [3.8, 4) is 0 Å². The topological polar surface area (TPSA) is 66.0 Å². The van der Waals surface area contributed by atoms with Crippen molar-refractivity contribution in [2.75, 3.05) is 57.2 Å². The lowest BCUT2D eigenvalue weighted by Crippen LogP contribution is -2.52. The van der Waals surface area contributed by atoms with E-state index >= 15 is 0 Å². The summed E-state index contributed by atoms with van der Waals surface area (Å²) in [7, 11) is 0. The molecule has 27 heavy (non-hydrogen) atoms. The zero-order chi connectivity index (χ0) is 19.0. The van der Waals surface area contributed by atoms with Crippen molar-refractivity contribution in [1.29, 1.82) is 0 Å². The van der Waals surface area contributed by atoms with Gasteiger partial charge in [0.15, 0.2) is 0 Å². The van der Waals surface area contributed by atoms with Gasteiger partial charge < -0.3 is 24.3 Å². The van der Waals surface area contributed by atoms with E-state index < -0.39 is 0 Å². The maximum Gasteiger partial charge on any atom is 0.229 e. The number of nitrogens with one attached hydrogen (secondary N) is 1. The molecule has 1 N–H and O–H groups in total. The molecular formula is C20H34INO5. The maximum absolute atomic E-state index is 11.0. The largest absolute Gasteiger partial charge is 0.377 e. The van der Waals surface area contributed by atoms with Crippen molar-refractivity contribution in [2.45, 2.75) is 44.1 Å². The molecule has 1 amide bonds. The molecular weight excluding hydrogens is 461 g/mol. The third-order valence-corrected chi connectivity index (χ3v) is 6.74. The second kappa shape index (κ2) is 11.3. The van der Waals surface area contributed by atoms with Gasteiger partial charge in [0.1, 0.15) is 0 Å². The molecule has 0 aromatic rings. The first kappa shape index (κ1) is 21.7. The maximum atomic E-state index is 11.0. The van der Waals surface area contributed by atoms with Gasteiger partial charge in [0.05, 0.1) is 56.3 Å². The Bertz CT molecular complexity index is 426. The molecule has 0 unspecified atom stereocenters. The van der Waals surface area contributed by atoms with Gasteiger partial charge in [-0.15, -0.1) is 0 Å². The molecule has 0 aromatic heterocycles. The van der Waals surface area contributed by atoms with Gasteiger partial charge in [-0.1, -0.05) is 22.6 Å². The first-order chi connectivity index (χ1) is 13.2. The van der Waals surface area contributed by atoms with Gasteiger partial charge in [-0.3, -0.25) is 4.79 Å². The summed E-state index contributed by atoms with van der Waals surface area (Å²) in [6.07, 6.45) is 8.20. The number of amides is 1. The van der Waals surface area contributed by atoms with E-state index in [9.17, 15) is 4.79 Å². The van der Waals surface area contributed by atoms with E-state index in [1.54, 1.807) is 0 Å². The number of carbonyl (C=O) groups excluding carboxylic acids is 1. The number of ether oxygens (including phenoxy) is 4. The second-order valence-electron chi connectivity index (χ2n) is 8.27. The van der Waals surface area contributed by atoms with Crippen LogP contribution in [0.4, 0.5) is 0 Å². The Hall–Kier alpha value is 0.0400. The molecule has 7 heteroatoms. The van der Waals surface area contributed by atoms with E-state index in [-0.39, 0.29) is 11.5 Å². The van der Waals surface area contributed by atoms with Gasteiger partial charge >= 0.3 is 0 Å². The van der Waals surface area contributed by atoms with Crippen LogP contribution in [0.1, 0.15) is 38.5 Å². The fourth-order valence-corrected chi connectivity index (χ4v) is 5.65. The quantitative estimate of drug-likeness (QED) is 0.228. The molecule has 4 aliphatic carbocycles. The molecule has 4 rings (SSSR count). The van der Waals surface area contributed by atoms with Crippen molar-refractivity contribution >= 4 is 28.5 Å². The van der Waals surface area contributed by atoms with Gasteiger partial charge in [0.2, 0.25) is 5.91 Å². The molecule has 0 aromatic carbocycles. The monoisotopic (exact) mass is 495 g/mol. The van der Waals surface area contributed by atoms with Crippen molar-refractivity contribution < 1.29 is 23.7 Å².